The molecule has 1 rings (SSSR count). The molecule has 1 heterocycles. The predicted octanol–water partition coefficient (Wildman–Crippen LogP) is 2.76. The largest absolute Gasteiger partial charge is 0.352 e. The molecular weight excluding hydrogens is 300 g/mol. The highest BCUT2D eigenvalue weighted by Gasteiger charge is 2.10. The summed E-state index contributed by atoms with van der Waals surface area (Å²) in [6.45, 7) is 7.33. The quantitative estimate of drug-likeness (QED) is 0.846. The lowest BCUT2D eigenvalue weighted by Gasteiger charge is -2.17. The van der Waals surface area contributed by atoms with Gasteiger partial charge in [-0.05, 0) is 34.8 Å². The lowest BCUT2D eigenvalue weighted by Crippen LogP contribution is -2.41. The molecule has 3 nitrogen and oxygen atoms in total. The number of hydrogen-bond donors (Lipinski definition) is 2. The van der Waals surface area contributed by atoms with Gasteiger partial charge in [-0.15, -0.1) is 11.3 Å². The Labute approximate surface area is 115 Å². The van der Waals surface area contributed by atoms with Gasteiger partial charge >= 0.3 is 0 Å². The minimum atomic E-state index is 0.0572. The standard InChI is InChI=1S/C12H19BrN2OS/c1-8(2)9(3)15-12(16)6-14-5-11-4-10(13)7-17-11/h4,7-9,14H,5-6H2,1-3H3,(H,15,16). The maximum Gasteiger partial charge on any atom is 0.234 e. The first-order valence-electron chi connectivity index (χ1n) is 5.72. The molecule has 0 aromatic carbocycles. The molecule has 5 heteroatoms. The molecule has 1 aromatic heterocycles. The van der Waals surface area contributed by atoms with Crippen LogP contribution in [0.25, 0.3) is 0 Å². The Morgan fingerprint density at radius 2 is 2.18 bits per heavy atom. The van der Waals surface area contributed by atoms with Crippen molar-refractivity contribution in [3.8, 4) is 0 Å². The van der Waals surface area contributed by atoms with Gasteiger partial charge in [-0.3, -0.25) is 4.79 Å². The van der Waals surface area contributed by atoms with Crippen LogP contribution in [0.2, 0.25) is 0 Å². The lowest BCUT2D eigenvalue weighted by molar-refractivity contribution is -0.121. The third-order valence-electron chi connectivity index (χ3n) is 2.60. The van der Waals surface area contributed by atoms with Gasteiger partial charge in [-0.1, -0.05) is 13.8 Å². The second kappa shape index (κ2) is 7.13. The van der Waals surface area contributed by atoms with Crippen molar-refractivity contribution in [1.82, 2.24) is 10.6 Å². The summed E-state index contributed by atoms with van der Waals surface area (Å²) in [5, 5.41) is 8.14. The van der Waals surface area contributed by atoms with Crippen LogP contribution in [0.3, 0.4) is 0 Å². The van der Waals surface area contributed by atoms with E-state index < -0.39 is 0 Å². The van der Waals surface area contributed by atoms with Crippen LogP contribution in [0.4, 0.5) is 0 Å². The molecule has 2 N–H and O–H groups in total. The molecule has 0 spiro atoms. The number of nitrogens with one attached hydrogen (secondary N) is 2. The van der Waals surface area contributed by atoms with E-state index in [1.54, 1.807) is 11.3 Å². The molecular formula is C12H19BrN2OS. The minimum Gasteiger partial charge on any atom is -0.352 e. The van der Waals surface area contributed by atoms with Gasteiger partial charge in [0.25, 0.3) is 0 Å². The van der Waals surface area contributed by atoms with E-state index in [1.165, 1.54) is 4.88 Å². The summed E-state index contributed by atoms with van der Waals surface area (Å²) < 4.78 is 1.09. The monoisotopic (exact) mass is 318 g/mol. The van der Waals surface area contributed by atoms with E-state index in [2.05, 4.69) is 46.5 Å². The van der Waals surface area contributed by atoms with E-state index in [0.717, 1.165) is 11.0 Å². The first-order valence-corrected chi connectivity index (χ1v) is 7.39. The summed E-state index contributed by atoms with van der Waals surface area (Å²) in [5.41, 5.74) is 0. The van der Waals surface area contributed by atoms with E-state index in [4.69, 9.17) is 0 Å². The first kappa shape index (κ1) is 14.7. The maximum absolute atomic E-state index is 11.6. The molecule has 0 bridgehead atoms. The Balaban J connectivity index is 2.20. The number of hydrogen-bond acceptors (Lipinski definition) is 3. The van der Waals surface area contributed by atoms with Crippen LogP contribution in [0, 0.1) is 5.92 Å². The Morgan fingerprint density at radius 1 is 1.47 bits per heavy atom. The number of rotatable bonds is 6. The molecule has 1 atom stereocenters. The topological polar surface area (TPSA) is 41.1 Å². The van der Waals surface area contributed by atoms with Crippen LogP contribution in [0.1, 0.15) is 25.6 Å². The summed E-state index contributed by atoms with van der Waals surface area (Å²) in [4.78, 5) is 12.8. The fraction of sp³-hybridized carbons (Fsp3) is 0.583. The molecule has 0 saturated heterocycles. The van der Waals surface area contributed by atoms with E-state index in [0.29, 0.717) is 12.5 Å². The van der Waals surface area contributed by atoms with E-state index in [9.17, 15) is 4.79 Å². The third-order valence-corrected chi connectivity index (χ3v) is 4.29. The van der Waals surface area contributed by atoms with E-state index in [1.807, 2.05) is 12.3 Å². The van der Waals surface area contributed by atoms with Gasteiger partial charge < -0.3 is 10.6 Å². The zero-order valence-electron chi connectivity index (χ0n) is 10.4. The second-order valence-electron chi connectivity index (χ2n) is 4.43. The normalized spacial score (nSPS) is 12.8. The fourth-order valence-corrected chi connectivity index (χ4v) is 2.64. The molecule has 0 aliphatic rings. The Bertz CT molecular complexity index is 365. The van der Waals surface area contributed by atoms with Gasteiger partial charge in [0.05, 0.1) is 6.54 Å². The summed E-state index contributed by atoms with van der Waals surface area (Å²) in [6, 6.07) is 2.28. The molecule has 96 valence electrons. The van der Waals surface area contributed by atoms with Crippen molar-refractivity contribution in [2.45, 2.75) is 33.4 Å². The Morgan fingerprint density at radius 3 is 2.71 bits per heavy atom. The average molecular weight is 319 g/mol. The third kappa shape index (κ3) is 5.66. The van der Waals surface area contributed by atoms with Crippen molar-refractivity contribution in [1.29, 1.82) is 0 Å². The van der Waals surface area contributed by atoms with Crippen molar-refractivity contribution in [3.05, 3.63) is 20.8 Å². The number of halogens is 1. The van der Waals surface area contributed by atoms with Crippen LogP contribution in [-0.2, 0) is 11.3 Å². The summed E-state index contributed by atoms with van der Waals surface area (Å²) >= 11 is 5.08. The zero-order valence-corrected chi connectivity index (χ0v) is 12.8. The molecule has 0 fully saturated rings. The van der Waals surface area contributed by atoms with Crippen LogP contribution in [-0.4, -0.2) is 18.5 Å². The average Bonchev–Trinajstić information content (AvgIpc) is 2.64. The van der Waals surface area contributed by atoms with Crippen LogP contribution in [0.5, 0.6) is 0 Å². The Kier molecular flexibility index (Phi) is 6.16. The summed E-state index contributed by atoms with van der Waals surface area (Å²) in [6.07, 6.45) is 0. The van der Waals surface area contributed by atoms with Crippen molar-refractivity contribution in [2.75, 3.05) is 6.54 Å². The van der Waals surface area contributed by atoms with Gasteiger partial charge in [-0.2, -0.15) is 0 Å². The molecule has 0 saturated carbocycles. The summed E-state index contributed by atoms with van der Waals surface area (Å²) in [7, 11) is 0. The molecule has 1 aromatic rings. The van der Waals surface area contributed by atoms with Crippen molar-refractivity contribution >= 4 is 33.2 Å². The Hall–Kier alpha value is -0.390. The minimum absolute atomic E-state index is 0.0572. The van der Waals surface area contributed by atoms with Gasteiger partial charge in [0.15, 0.2) is 0 Å². The van der Waals surface area contributed by atoms with Crippen LogP contribution < -0.4 is 10.6 Å². The van der Waals surface area contributed by atoms with E-state index in [-0.39, 0.29) is 11.9 Å². The zero-order chi connectivity index (χ0) is 12.8. The number of carbonyl (C=O) groups is 1. The highest BCUT2D eigenvalue weighted by atomic mass is 79.9. The van der Waals surface area contributed by atoms with Gasteiger partial charge in [0.2, 0.25) is 5.91 Å². The molecule has 0 aliphatic carbocycles. The lowest BCUT2D eigenvalue weighted by atomic mass is 10.1. The molecule has 1 amide bonds. The van der Waals surface area contributed by atoms with Gasteiger partial charge in [-0.25, -0.2) is 0 Å². The van der Waals surface area contributed by atoms with E-state index >= 15 is 0 Å². The van der Waals surface area contributed by atoms with Gasteiger partial charge in [0.1, 0.15) is 0 Å². The SMILES string of the molecule is CC(C)C(C)NC(=O)CNCc1cc(Br)cs1. The first-order chi connectivity index (χ1) is 7.99. The van der Waals surface area contributed by atoms with Crippen molar-refractivity contribution < 1.29 is 4.79 Å². The number of thiophene rings is 1. The van der Waals surface area contributed by atoms with Crippen molar-refractivity contribution in [2.24, 2.45) is 5.92 Å². The highest BCUT2D eigenvalue weighted by Crippen LogP contribution is 2.19. The molecule has 1 unspecified atom stereocenters. The van der Waals surface area contributed by atoms with Gasteiger partial charge in [0, 0.05) is 27.3 Å². The number of amides is 1. The molecule has 0 radical (unpaired) electrons. The summed E-state index contributed by atoms with van der Waals surface area (Å²) in [5.74, 6) is 0.522. The highest BCUT2D eigenvalue weighted by molar-refractivity contribution is 9.10. The van der Waals surface area contributed by atoms with Crippen LogP contribution >= 0.6 is 27.3 Å². The molecule has 17 heavy (non-hydrogen) atoms. The van der Waals surface area contributed by atoms with Crippen molar-refractivity contribution in [3.63, 3.8) is 0 Å². The predicted molar refractivity (Wildman–Crippen MR) is 76.2 cm³/mol. The maximum atomic E-state index is 11.6. The fourth-order valence-electron chi connectivity index (χ4n) is 1.22. The van der Waals surface area contributed by atoms with Crippen LogP contribution in [0.15, 0.2) is 15.9 Å². The number of carbonyl (C=O) groups excluding carboxylic acids is 1. The second-order valence-corrected chi connectivity index (χ2v) is 6.35. The smallest absolute Gasteiger partial charge is 0.234 e. The molecule has 0 aliphatic heterocycles.